The minimum Gasteiger partial charge on any atom is -0.341 e. The molecule has 106 valence electrons. The first-order valence-electron chi connectivity index (χ1n) is 6.80. The second-order valence-corrected chi connectivity index (χ2v) is 5.00. The average Bonchev–Trinajstić information content (AvgIpc) is 2.53. The van der Waals surface area contributed by atoms with Crippen LogP contribution in [0.3, 0.4) is 0 Å². The van der Waals surface area contributed by atoms with E-state index in [1.54, 1.807) is 6.07 Å². The van der Waals surface area contributed by atoms with Gasteiger partial charge in [0.05, 0.1) is 10.6 Å². The van der Waals surface area contributed by atoms with E-state index in [-0.39, 0.29) is 5.69 Å². The van der Waals surface area contributed by atoms with Gasteiger partial charge in [-0.2, -0.15) is 0 Å². The number of aryl methyl sites for hydroxylation is 1. The van der Waals surface area contributed by atoms with E-state index in [1.807, 2.05) is 18.2 Å². The van der Waals surface area contributed by atoms with E-state index < -0.39 is 4.92 Å². The molecule has 0 aliphatic carbocycles. The van der Waals surface area contributed by atoms with Gasteiger partial charge in [-0.25, -0.2) is 0 Å². The van der Waals surface area contributed by atoms with Crippen molar-refractivity contribution >= 4 is 23.3 Å². The van der Waals surface area contributed by atoms with Crippen LogP contribution in [0.4, 0.5) is 17.1 Å². The molecule has 21 heavy (non-hydrogen) atoms. The maximum Gasteiger partial charge on any atom is 0.270 e. The number of rotatable bonds is 3. The number of carbonyl (C=O) groups is 1. The van der Waals surface area contributed by atoms with Crippen LogP contribution in [0.1, 0.15) is 22.3 Å². The van der Waals surface area contributed by atoms with Crippen molar-refractivity contribution in [3.05, 3.63) is 63.7 Å². The van der Waals surface area contributed by atoms with E-state index in [2.05, 4.69) is 11.0 Å². The number of nitro benzene ring substituents is 1. The summed E-state index contributed by atoms with van der Waals surface area (Å²) in [6, 6.07) is 12.5. The number of anilines is 2. The van der Waals surface area contributed by atoms with Gasteiger partial charge in [-0.05, 0) is 30.5 Å². The van der Waals surface area contributed by atoms with Crippen molar-refractivity contribution in [2.24, 2.45) is 0 Å². The van der Waals surface area contributed by atoms with Gasteiger partial charge in [-0.1, -0.05) is 18.2 Å². The molecule has 1 aliphatic heterocycles. The Morgan fingerprint density at radius 3 is 2.71 bits per heavy atom. The first kappa shape index (κ1) is 13.3. The van der Waals surface area contributed by atoms with E-state index in [1.165, 1.54) is 17.7 Å². The summed E-state index contributed by atoms with van der Waals surface area (Å²) in [6.45, 7) is 0.801. The molecule has 2 aromatic carbocycles. The quantitative estimate of drug-likeness (QED) is 0.491. The molecule has 0 bridgehead atoms. The van der Waals surface area contributed by atoms with Gasteiger partial charge in [0.1, 0.15) is 0 Å². The third kappa shape index (κ3) is 2.38. The lowest BCUT2D eigenvalue weighted by atomic mass is 10.00. The standard InChI is InChI=1S/C16H14N2O3/c19-11-13-10-14(18(20)21)7-8-16(13)17-9-3-5-12-4-1-2-6-15(12)17/h1-2,4,6-8,10-11H,3,5,9H2. The number of nitro groups is 1. The van der Waals surface area contributed by atoms with Crippen molar-refractivity contribution in [1.82, 2.24) is 0 Å². The predicted molar refractivity (Wildman–Crippen MR) is 80.3 cm³/mol. The SMILES string of the molecule is O=Cc1cc([N+](=O)[O-])ccc1N1CCCc2ccccc21. The lowest BCUT2D eigenvalue weighted by Gasteiger charge is -2.32. The van der Waals surface area contributed by atoms with Crippen LogP contribution in [0.5, 0.6) is 0 Å². The molecular weight excluding hydrogens is 268 g/mol. The third-order valence-electron chi connectivity index (χ3n) is 3.75. The summed E-state index contributed by atoms with van der Waals surface area (Å²) in [5.74, 6) is 0. The average molecular weight is 282 g/mol. The van der Waals surface area contributed by atoms with Crippen LogP contribution in [-0.4, -0.2) is 17.8 Å². The molecule has 0 radical (unpaired) electrons. The first-order chi connectivity index (χ1) is 10.2. The number of aldehydes is 1. The Morgan fingerprint density at radius 1 is 1.14 bits per heavy atom. The fraction of sp³-hybridized carbons (Fsp3) is 0.188. The zero-order valence-corrected chi connectivity index (χ0v) is 11.4. The highest BCUT2D eigenvalue weighted by molar-refractivity contribution is 5.88. The maximum absolute atomic E-state index is 11.3. The Morgan fingerprint density at radius 2 is 1.95 bits per heavy atom. The Hall–Kier alpha value is -2.69. The second-order valence-electron chi connectivity index (χ2n) is 5.00. The molecule has 0 spiro atoms. The molecule has 5 heteroatoms. The number of para-hydroxylation sites is 1. The van der Waals surface area contributed by atoms with Crippen LogP contribution in [0.25, 0.3) is 0 Å². The Kier molecular flexibility index (Phi) is 3.39. The fourth-order valence-corrected chi connectivity index (χ4v) is 2.78. The monoisotopic (exact) mass is 282 g/mol. The number of carbonyl (C=O) groups excluding carboxylic acids is 1. The van der Waals surface area contributed by atoms with Crippen molar-refractivity contribution in [2.75, 3.05) is 11.4 Å². The molecular formula is C16H14N2O3. The van der Waals surface area contributed by atoms with Gasteiger partial charge in [0.25, 0.3) is 5.69 Å². The highest BCUT2D eigenvalue weighted by Crippen LogP contribution is 2.35. The zero-order valence-electron chi connectivity index (χ0n) is 11.4. The molecule has 1 aliphatic rings. The minimum atomic E-state index is -0.485. The summed E-state index contributed by atoms with van der Waals surface area (Å²) in [5.41, 5.74) is 3.31. The molecule has 0 fully saturated rings. The predicted octanol–water partition coefficient (Wildman–Crippen LogP) is 3.49. The smallest absolute Gasteiger partial charge is 0.270 e. The van der Waals surface area contributed by atoms with Crippen molar-refractivity contribution in [2.45, 2.75) is 12.8 Å². The summed E-state index contributed by atoms with van der Waals surface area (Å²) in [4.78, 5) is 23.7. The zero-order chi connectivity index (χ0) is 14.8. The molecule has 5 nitrogen and oxygen atoms in total. The highest BCUT2D eigenvalue weighted by atomic mass is 16.6. The van der Waals surface area contributed by atoms with E-state index in [0.717, 1.165) is 30.8 Å². The first-order valence-corrected chi connectivity index (χ1v) is 6.80. The van der Waals surface area contributed by atoms with E-state index >= 15 is 0 Å². The van der Waals surface area contributed by atoms with Crippen LogP contribution in [0.15, 0.2) is 42.5 Å². The van der Waals surface area contributed by atoms with Crippen molar-refractivity contribution < 1.29 is 9.72 Å². The molecule has 2 aromatic rings. The number of non-ortho nitro benzene ring substituents is 1. The summed E-state index contributed by atoms with van der Waals surface area (Å²) >= 11 is 0. The number of fused-ring (bicyclic) bond motifs is 1. The lowest BCUT2D eigenvalue weighted by Crippen LogP contribution is -2.25. The van der Waals surface area contributed by atoms with Gasteiger partial charge in [0, 0.05) is 29.9 Å². The molecule has 3 rings (SSSR count). The lowest BCUT2D eigenvalue weighted by molar-refractivity contribution is -0.384. The van der Waals surface area contributed by atoms with Gasteiger partial charge in [-0.15, -0.1) is 0 Å². The number of benzene rings is 2. The van der Waals surface area contributed by atoms with Crippen molar-refractivity contribution in [3.8, 4) is 0 Å². The summed E-state index contributed by atoms with van der Waals surface area (Å²) in [6.07, 6.45) is 2.68. The minimum absolute atomic E-state index is 0.0638. The van der Waals surface area contributed by atoms with Crippen LogP contribution in [0, 0.1) is 10.1 Å². The highest BCUT2D eigenvalue weighted by Gasteiger charge is 2.21. The summed E-state index contributed by atoms with van der Waals surface area (Å²) < 4.78 is 0. The van der Waals surface area contributed by atoms with Gasteiger partial charge in [-0.3, -0.25) is 14.9 Å². The van der Waals surface area contributed by atoms with Crippen LogP contribution < -0.4 is 4.90 Å². The largest absolute Gasteiger partial charge is 0.341 e. The number of hydrogen-bond acceptors (Lipinski definition) is 4. The van der Waals surface area contributed by atoms with Gasteiger partial charge in [0.15, 0.2) is 6.29 Å². The van der Waals surface area contributed by atoms with Crippen molar-refractivity contribution in [1.29, 1.82) is 0 Å². The Bertz CT molecular complexity index is 712. The number of nitrogens with zero attached hydrogens (tertiary/aromatic N) is 2. The van der Waals surface area contributed by atoms with Gasteiger partial charge >= 0.3 is 0 Å². The van der Waals surface area contributed by atoms with Gasteiger partial charge < -0.3 is 4.90 Å². The molecule has 0 saturated carbocycles. The summed E-state index contributed by atoms with van der Waals surface area (Å²) in [7, 11) is 0. The van der Waals surface area contributed by atoms with E-state index in [4.69, 9.17) is 0 Å². The maximum atomic E-state index is 11.3. The molecule has 0 atom stereocenters. The molecule has 0 N–H and O–H groups in total. The van der Waals surface area contributed by atoms with Crippen molar-refractivity contribution in [3.63, 3.8) is 0 Å². The molecule has 0 aromatic heterocycles. The second kappa shape index (κ2) is 5.36. The molecule has 0 amide bonds. The molecule has 0 saturated heterocycles. The van der Waals surface area contributed by atoms with E-state index in [9.17, 15) is 14.9 Å². The molecule has 0 unspecified atom stereocenters. The third-order valence-corrected chi connectivity index (χ3v) is 3.75. The Labute approximate surface area is 122 Å². The normalized spacial score (nSPS) is 13.6. The molecule has 1 heterocycles. The summed E-state index contributed by atoms with van der Waals surface area (Å²) in [5, 5.41) is 10.8. The van der Waals surface area contributed by atoms with E-state index in [0.29, 0.717) is 11.8 Å². The van der Waals surface area contributed by atoms with Gasteiger partial charge in [0.2, 0.25) is 0 Å². The van der Waals surface area contributed by atoms with Crippen LogP contribution in [-0.2, 0) is 6.42 Å². The van der Waals surface area contributed by atoms with Crippen LogP contribution >= 0.6 is 0 Å². The topological polar surface area (TPSA) is 63.4 Å². The fourth-order valence-electron chi connectivity index (χ4n) is 2.78. The Balaban J connectivity index is 2.09. The van der Waals surface area contributed by atoms with Crippen LogP contribution in [0.2, 0.25) is 0 Å². The number of hydrogen-bond donors (Lipinski definition) is 0.